The van der Waals surface area contributed by atoms with Gasteiger partial charge >= 0.3 is 12.2 Å². The molecule has 19 heteroatoms. The molecule has 2 amide bonds. The maximum absolute atomic E-state index is 13.5. The average molecular weight is 744 g/mol. The van der Waals surface area contributed by atoms with Crippen molar-refractivity contribution in [2.24, 2.45) is 5.92 Å². The normalized spacial score (nSPS) is 17.8. The Morgan fingerprint density at radius 1 is 0.878 bits per heavy atom. The van der Waals surface area contributed by atoms with Crippen molar-refractivity contribution in [2.45, 2.75) is 69.1 Å². The predicted molar refractivity (Wildman–Crippen MR) is 175 cm³/mol. The molecule has 1 saturated carbocycles. The smallest absolute Gasteiger partial charge is 0.407 e. The second-order valence-corrected chi connectivity index (χ2v) is 13.7. The van der Waals surface area contributed by atoms with Crippen molar-refractivity contribution in [3.63, 3.8) is 0 Å². The van der Waals surface area contributed by atoms with E-state index in [1.165, 1.54) is 18.9 Å². The van der Waals surface area contributed by atoms with Crippen molar-refractivity contribution in [1.82, 2.24) is 10.6 Å². The van der Waals surface area contributed by atoms with Crippen LogP contribution in [0.25, 0.3) is 0 Å². The summed E-state index contributed by atoms with van der Waals surface area (Å²) in [6, 6.07) is -1.17. The fraction of sp³-hybridized carbons (Fsp3) is 0.833. The number of methoxy groups -OCH3 is 1. The Balaban J connectivity index is 2.58. The van der Waals surface area contributed by atoms with E-state index in [2.05, 4.69) is 19.7 Å². The number of nitrogens with one attached hydrogen (secondary N) is 2. The number of alkyl carbamates (subject to hydrolysis) is 2. The first-order chi connectivity index (χ1) is 23.6. The molecule has 17 nitrogen and oxygen atoms in total. The lowest BCUT2D eigenvalue weighted by Crippen LogP contribution is -2.46. The van der Waals surface area contributed by atoms with Gasteiger partial charge in [0.25, 0.3) is 7.82 Å². The third-order valence-electron chi connectivity index (χ3n) is 7.05. The largest absolute Gasteiger partial charge is 0.756 e. The van der Waals surface area contributed by atoms with Crippen molar-refractivity contribution >= 4 is 49.1 Å². The summed E-state index contributed by atoms with van der Waals surface area (Å²) in [7, 11) is -1.69. The van der Waals surface area contributed by atoms with E-state index in [1.807, 2.05) is 0 Å². The van der Waals surface area contributed by atoms with Crippen LogP contribution < -0.4 is 15.5 Å². The third kappa shape index (κ3) is 21.0. The molecule has 0 aromatic heterocycles. The zero-order valence-corrected chi connectivity index (χ0v) is 30.1. The van der Waals surface area contributed by atoms with Gasteiger partial charge in [-0.15, -0.1) is 0 Å². The van der Waals surface area contributed by atoms with Crippen molar-refractivity contribution in [2.75, 3.05) is 86.0 Å². The molecule has 0 bridgehead atoms. The average Bonchev–Trinajstić information content (AvgIpc) is 3.36. The minimum atomic E-state index is -4.24. The molecule has 0 aromatic carbocycles. The molecule has 1 fully saturated rings. The molecular formula is C30H52N2O15PS-. The molecule has 1 aliphatic carbocycles. The van der Waals surface area contributed by atoms with E-state index < -0.39 is 54.6 Å². The topological polar surface area (TPSA) is 234 Å². The van der Waals surface area contributed by atoms with Gasteiger partial charge < -0.3 is 53.4 Å². The summed E-state index contributed by atoms with van der Waals surface area (Å²) in [6.07, 6.45) is 2.40. The summed E-state index contributed by atoms with van der Waals surface area (Å²) in [5, 5.41) is 13.1. The number of amides is 2. The number of phosphoric acid groups is 1. The zero-order valence-electron chi connectivity index (χ0n) is 28.4. The Labute approximate surface area is 291 Å². The molecule has 1 rings (SSSR count). The Kier molecular flexibility index (Phi) is 25.2. The number of thioether (sulfide) groups is 1. The molecule has 0 radical (unpaired) electrons. The fourth-order valence-corrected chi connectivity index (χ4v) is 6.18. The highest BCUT2D eigenvalue weighted by Crippen LogP contribution is 2.37. The standard InChI is InChI=1S/C30H53N2O15PS/c1-41-15-16-44-18-20-46-30(38)32-23(10-5-6-11-31-29(37)45-19-17-43-13-9-12-33)27(35)26-24(34)22-25(28(26)36)49-21-8-4-3-7-14-47-48(39,40)42-2/h23,25-26,33H,3-22H2,1-2H3,(H,31,37)(H,32,38)(H,39,40)/p-1. The number of rotatable bonds is 30. The number of carbonyl (C=O) groups excluding carboxylic acids is 5. The Hall–Kier alpha value is -2.15. The number of carbonyl (C=O) groups is 5. The SMILES string of the molecule is COCCOCCOC(=O)NC(CCCCNC(=O)OCCOCCCO)C(=O)C1C(=O)CC(SCCCCCCOP(=O)([O-])OC)C1=O. The Morgan fingerprint density at radius 3 is 2.24 bits per heavy atom. The lowest BCUT2D eigenvalue weighted by Gasteiger charge is -2.20. The van der Waals surface area contributed by atoms with Crippen LogP contribution in [0.3, 0.4) is 0 Å². The van der Waals surface area contributed by atoms with Crippen LogP contribution in [0.2, 0.25) is 0 Å². The summed E-state index contributed by atoms with van der Waals surface area (Å²) in [5.41, 5.74) is 0. The van der Waals surface area contributed by atoms with E-state index in [-0.39, 0.29) is 59.0 Å². The molecule has 3 N–H and O–H groups in total. The van der Waals surface area contributed by atoms with Gasteiger partial charge in [-0.1, -0.05) is 12.8 Å². The van der Waals surface area contributed by atoms with Crippen LogP contribution in [-0.2, 0) is 51.7 Å². The van der Waals surface area contributed by atoms with E-state index in [0.29, 0.717) is 64.1 Å². The Morgan fingerprint density at radius 2 is 1.55 bits per heavy atom. The van der Waals surface area contributed by atoms with E-state index in [0.717, 1.165) is 13.5 Å². The van der Waals surface area contributed by atoms with Gasteiger partial charge in [-0.25, -0.2) is 9.59 Å². The summed E-state index contributed by atoms with van der Waals surface area (Å²) < 4.78 is 45.5. The van der Waals surface area contributed by atoms with Crippen LogP contribution in [0, 0.1) is 5.92 Å². The predicted octanol–water partition coefficient (Wildman–Crippen LogP) is 1.56. The van der Waals surface area contributed by atoms with Crippen LogP contribution in [0.15, 0.2) is 0 Å². The Bertz CT molecular complexity index is 1040. The first-order valence-electron chi connectivity index (χ1n) is 16.4. The van der Waals surface area contributed by atoms with Gasteiger partial charge in [0, 0.05) is 40.4 Å². The lowest BCUT2D eigenvalue weighted by atomic mass is 9.92. The van der Waals surface area contributed by atoms with Crippen molar-refractivity contribution in [3.05, 3.63) is 0 Å². The van der Waals surface area contributed by atoms with E-state index in [9.17, 15) is 33.4 Å². The van der Waals surface area contributed by atoms with E-state index in [4.69, 9.17) is 28.8 Å². The highest BCUT2D eigenvalue weighted by Gasteiger charge is 2.47. The van der Waals surface area contributed by atoms with E-state index >= 15 is 0 Å². The summed E-state index contributed by atoms with van der Waals surface area (Å²) >= 11 is 1.30. The molecule has 4 atom stereocenters. The van der Waals surface area contributed by atoms with Crippen LogP contribution in [-0.4, -0.2) is 132 Å². The van der Waals surface area contributed by atoms with Crippen LogP contribution >= 0.6 is 19.6 Å². The van der Waals surface area contributed by atoms with Crippen LogP contribution in [0.4, 0.5) is 9.59 Å². The molecule has 4 unspecified atom stereocenters. The first-order valence-corrected chi connectivity index (χ1v) is 18.9. The number of aliphatic hydroxyl groups excluding tert-OH is 1. The monoisotopic (exact) mass is 743 g/mol. The maximum atomic E-state index is 13.5. The number of unbranched alkanes of at least 4 members (excludes halogenated alkanes) is 4. The minimum Gasteiger partial charge on any atom is -0.756 e. The molecule has 1 aliphatic rings. The molecular weight excluding hydrogens is 691 g/mol. The molecule has 0 saturated heterocycles. The number of aliphatic hydroxyl groups is 1. The molecule has 0 aromatic rings. The number of ether oxygens (including phenoxy) is 5. The lowest BCUT2D eigenvalue weighted by molar-refractivity contribution is -0.223. The number of hydrogen-bond acceptors (Lipinski definition) is 16. The maximum Gasteiger partial charge on any atom is 0.407 e. The van der Waals surface area contributed by atoms with Crippen LogP contribution in [0.1, 0.15) is 57.8 Å². The second kappa shape index (κ2) is 27.6. The fourth-order valence-electron chi connectivity index (χ4n) is 4.48. The van der Waals surface area contributed by atoms with Gasteiger partial charge in [-0.3, -0.25) is 18.9 Å². The summed E-state index contributed by atoms with van der Waals surface area (Å²) in [5.74, 6) is -2.62. The minimum absolute atomic E-state index is 0.0102. The number of ketones is 3. The van der Waals surface area contributed by atoms with Crippen molar-refractivity contribution < 1.29 is 71.3 Å². The molecule has 0 heterocycles. The van der Waals surface area contributed by atoms with Gasteiger partial charge in [0.2, 0.25) is 0 Å². The quantitative estimate of drug-likeness (QED) is 0.0538. The summed E-state index contributed by atoms with van der Waals surface area (Å²) in [6.45, 7) is 1.53. The molecule has 284 valence electrons. The van der Waals surface area contributed by atoms with Crippen molar-refractivity contribution in [1.29, 1.82) is 0 Å². The first kappa shape index (κ1) is 44.9. The number of hydrogen-bond donors (Lipinski definition) is 3. The van der Waals surface area contributed by atoms with Gasteiger partial charge in [0.05, 0.1) is 44.3 Å². The molecule has 49 heavy (non-hydrogen) atoms. The van der Waals surface area contributed by atoms with Gasteiger partial charge in [0.15, 0.2) is 17.3 Å². The highest BCUT2D eigenvalue weighted by molar-refractivity contribution is 8.00. The highest BCUT2D eigenvalue weighted by atomic mass is 32.2. The van der Waals surface area contributed by atoms with Gasteiger partial charge in [-0.2, -0.15) is 11.8 Å². The third-order valence-corrected chi connectivity index (χ3v) is 9.32. The zero-order chi connectivity index (χ0) is 36.3. The van der Waals surface area contributed by atoms with Crippen LogP contribution in [0.5, 0.6) is 0 Å². The molecule has 0 spiro atoms. The van der Waals surface area contributed by atoms with E-state index in [1.54, 1.807) is 0 Å². The number of phosphoric ester groups is 1. The van der Waals surface area contributed by atoms with Gasteiger partial charge in [0.1, 0.15) is 19.1 Å². The van der Waals surface area contributed by atoms with Crippen molar-refractivity contribution in [3.8, 4) is 0 Å². The number of Topliss-reactive ketones (excluding diaryl/α,β-unsaturated/α-hetero) is 3. The van der Waals surface area contributed by atoms with Gasteiger partial charge in [-0.05, 0) is 44.3 Å². The second-order valence-electron chi connectivity index (χ2n) is 10.8. The molecule has 0 aliphatic heterocycles. The summed E-state index contributed by atoms with van der Waals surface area (Å²) in [4.78, 5) is 75.1.